The highest BCUT2D eigenvalue weighted by molar-refractivity contribution is 6.30. The van der Waals surface area contributed by atoms with E-state index in [9.17, 15) is 8.78 Å². The van der Waals surface area contributed by atoms with Crippen LogP contribution in [0.5, 0.6) is 0 Å². The molecule has 0 saturated carbocycles. The maximum Gasteiger partial charge on any atom is 0.177 e. The van der Waals surface area contributed by atoms with Gasteiger partial charge >= 0.3 is 0 Å². The lowest BCUT2D eigenvalue weighted by Gasteiger charge is -2.11. The van der Waals surface area contributed by atoms with Gasteiger partial charge in [-0.15, -0.1) is 0 Å². The highest BCUT2D eigenvalue weighted by Crippen LogP contribution is 2.25. The fourth-order valence-corrected chi connectivity index (χ4v) is 1.49. The zero-order valence-corrected chi connectivity index (χ0v) is 8.61. The molecule has 1 rings (SSSR count). The number of rotatable bonds is 3. The summed E-state index contributed by atoms with van der Waals surface area (Å²) in [6, 6.07) is 2.61. The second-order valence-electron chi connectivity index (χ2n) is 3.28. The van der Waals surface area contributed by atoms with E-state index in [0.29, 0.717) is 12.1 Å². The van der Waals surface area contributed by atoms with Gasteiger partial charge < -0.3 is 5.73 Å². The molecule has 0 aliphatic heterocycles. The van der Waals surface area contributed by atoms with Crippen LogP contribution >= 0.6 is 11.6 Å². The van der Waals surface area contributed by atoms with E-state index >= 15 is 0 Å². The van der Waals surface area contributed by atoms with Gasteiger partial charge in [0.25, 0.3) is 0 Å². The summed E-state index contributed by atoms with van der Waals surface area (Å²) >= 11 is 5.52. The average Bonchev–Trinajstić information content (AvgIpc) is 2.13. The molecule has 0 radical (unpaired) electrons. The normalized spacial score (nSPS) is 12.9. The van der Waals surface area contributed by atoms with Crippen molar-refractivity contribution in [2.45, 2.75) is 19.3 Å². The van der Waals surface area contributed by atoms with Crippen LogP contribution in [0.1, 0.15) is 24.8 Å². The summed E-state index contributed by atoms with van der Waals surface area (Å²) in [4.78, 5) is 0. The number of halogens is 3. The molecule has 0 fully saturated rings. The van der Waals surface area contributed by atoms with E-state index in [4.69, 9.17) is 17.3 Å². The number of hydrogen-bond donors (Lipinski definition) is 1. The van der Waals surface area contributed by atoms with Gasteiger partial charge in [-0.05, 0) is 36.6 Å². The Labute approximate surface area is 86.9 Å². The fraction of sp³-hybridized carbons (Fsp3) is 0.400. The molecule has 2 N–H and O–H groups in total. The van der Waals surface area contributed by atoms with Crippen LogP contribution in [0.2, 0.25) is 5.02 Å². The number of benzene rings is 1. The van der Waals surface area contributed by atoms with E-state index in [1.165, 1.54) is 12.1 Å². The zero-order chi connectivity index (χ0) is 10.7. The van der Waals surface area contributed by atoms with Gasteiger partial charge in [0.1, 0.15) is 0 Å². The van der Waals surface area contributed by atoms with E-state index in [1.807, 2.05) is 6.92 Å². The van der Waals surface area contributed by atoms with Crippen molar-refractivity contribution >= 4 is 11.6 Å². The van der Waals surface area contributed by atoms with Crippen LogP contribution in [-0.2, 0) is 0 Å². The molecular formula is C10H12ClF2N. The standard InChI is InChI=1S/C10H12ClF2N/c1-6(2-3-14)7-4-8(11)10(13)9(12)5-7/h4-6H,2-3,14H2,1H3. The molecule has 1 aromatic carbocycles. The Hall–Kier alpha value is -0.670. The van der Waals surface area contributed by atoms with Crippen molar-refractivity contribution in [2.75, 3.05) is 6.54 Å². The Bertz CT molecular complexity index is 305. The first kappa shape index (κ1) is 11.4. The lowest BCUT2D eigenvalue weighted by atomic mass is 9.98. The second-order valence-corrected chi connectivity index (χ2v) is 3.68. The summed E-state index contributed by atoms with van der Waals surface area (Å²) in [6.45, 7) is 2.41. The van der Waals surface area contributed by atoms with E-state index in [-0.39, 0.29) is 10.9 Å². The van der Waals surface area contributed by atoms with Crippen LogP contribution in [0.3, 0.4) is 0 Å². The molecule has 14 heavy (non-hydrogen) atoms. The SMILES string of the molecule is CC(CCN)c1cc(F)c(F)c(Cl)c1. The number of nitrogens with two attached hydrogens (primary N) is 1. The van der Waals surface area contributed by atoms with Crippen molar-refractivity contribution in [3.63, 3.8) is 0 Å². The smallest absolute Gasteiger partial charge is 0.177 e. The Kier molecular flexibility index (Phi) is 3.84. The van der Waals surface area contributed by atoms with Gasteiger partial charge in [-0.1, -0.05) is 18.5 Å². The lowest BCUT2D eigenvalue weighted by Crippen LogP contribution is -2.05. The first-order valence-corrected chi connectivity index (χ1v) is 4.78. The van der Waals surface area contributed by atoms with Gasteiger partial charge in [0.2, 0.25) is 0 Å². The largest absolute Gasteiger partial charge is 0.330 e. The third-order valence-corrected chi connectivity index (χ3v) is 2.45. The Morgan fingerprint density at radius 3 is 2.57 bits per heavy atom. The minimum atomic E-state index is -0.990. The fourth-order valence-electron chi connectivity index (χ4n) is 1.28. The second kappa shape index (κ2) is 4.71. The first-order valence-electron chi connectivity index (χ1n) is 4.40. The summed E-state index contributed by atoms with van der Waals surface area (Å²) < 4.78 is 25.8. The first-order chi connectivity index (χ1) is 6.56. The summed E-state index contributed by atoms with van der Waals surface area (Å²) in [7, 11) is 0. The molecule has 0 bridgehead atoms. The average molecular weight is 220 g/mol. The van der Waals surface area contributed by atoms with Gasteiger partial charge in [0.05, 0.1) is 5.02 Å². The highest BCUT2D eigenvalue weighted by Gasteiger charge is 2.12. The topological polar surface area (TPSA) is 26.0 Å². The molecule has 78 valence electrons. The molecule has 1 nitrogen and oxygen atoms in total. The molecule has 0 aliphatic rings. The van der Waals surface area contributed by atoms with Crippen molar-refractivity contribution in [2.24, 2.45) is 5.73 Å². The van der Waals surface area contributed by atoms with Crippen molar-refractivity contribution < 1.29 is 8.78 Å². The predicted octanol–water partition coefficient (Wildman–Crippen LogP) is 3.07. The van der Waals surface area contributed by atoms with Crippen LogP contribution in [-0.4, -0.2) is 6.54 Å². The molecule has 1 unspecified atom stereocenters. The van der Waals surface area contributed by atoms with Gasteiger partial charge in [0.15, 0.2) is 11.6 Å². The molecular weight excluding hydrogens is 208 g/mol. The van der Waals surface area contributed by atoms with Crippen LogP contribution in [0, 0.1) is 11.6 Å². The maximum atomic E-state index is 12.9. The van der Waals surface area contributed by atoms with Crippen LogP contribution in [0.4, 0.5) is 8.78 Å². The van der Waals surface area contributed by atoms with E-state index < -0.39 is 11.6 Å². The van der Waals surface area contributed by atoms with Crippen molar-refractivity contribution in [3.05, 3.63) is 34.4 Å². The lowest BCUT2D eigenvalue weighted by molar-refractivity contribution is 0.505. The van der Waals surface area contributed by atoms with Crippen molar-refractivity contribution in [3.8, 4) is 0 Å². The Morgan fingerprint density at radius 1 is 1.43 bits per heavy atom. The van der Waals surface area contributed by atoms with Crippen LogP contribution in [0.15, 0.2) is 12.1 Å². The van der Waals surface area contributed by atoms with Crippen LogP contribution < -0.4 is 5.73 Å². The zero-order valence-electron chi connectivity index (χ0n) is 7.86. The third kappa shape index (κ3) is 2.42. The van der Waals surface area contributed by atoms with Gasteiger partial charge in [0, 0.05) is 0 Å². The van der Waals surface area contributed by atoms with Gasteiger partial charge in [-0.25, -0.2) is 8.78 Å². The number of hydrogen-bond acceptors (Lipinski definition) is 1. The molecule has 0 amide bonds. The predicted molar refractivity (Wildman–Crippen MR) is 53.5 cm³/mol. The van der Waals surface area contributed by atoms with Crippen molar-refractivity contribution in [1.29, 1.82) is 0 Å². The summed E-state index contributed by atoms with van der Waals surface area (Å²) in [5.41, 5.74) is 6.05. The minimum Gasteiger partial charge on any atom is -0.330 e. The highest BCUT2D eigenvalue weighted by atomic mass is 35.5. The monoisotopic (exact) mass is 219 g/mol. The Balaban J connectivity index is 3.00. The van der Waals surface area contributed by atoms with E-state index in [1.54, 1.807) is 0 Å². The van der Waals surface area contributed by atoms with Crippen LogP contribution in [0.25, 0.3) is 0 Å². The molecule has 0 spiro atoms. The maximum absolute atomic E-state index is 12.9. The molecule has 1 aromatic rings. The quantitative estimate of drug-likeness (QED) is 0.777. The Morgan fingerprint density at radius 2 is 2.07 bits per heavy atom. The molecule has 0 aromatic heterocycles. The van der Waals surface area contributed by atoms with Gasteiger partial charge in [-0.2, -0.15) is 0 Å². The van der Waals surface area contributed by atoms with Crippen molar-refractivity contribution in [1.82, 2.24) is 0 Å². The van der Waals surface area contributed by atoms with E-state index in [0.717, 1.165) is 6.42 Å². The van der Waals surface area contributed by atoms with E-state index in [2.05, 4.69) is 0 Å². The summed E-state index contributed by atoms with van der Waals surface area (Å²) in [6.07, 6.45) is 0.724. The molecule has 4 heteroatoms. The van der Waals surface area contributed by atoms with Gasteiger partial charge in [-0.3, -0.25) is 0 Å². The molecule has 0 heterocycles. The summed E-state index contributed by atoms with van der Waals surface area (Å²) in [5.74, 6) is -1.81. The summed E-state index contributed by atoms with van der Waals surface area (Å²) in [5, 5.41) is -0.177. The third-order valence-electron chi connectivity index (χ3n) is 2.17. The molecule has 1 atom stereocenters. The minimum absolute atomic E-state index is 0.0904. The molecule has 0 saturated heterocycles. The molecule has 0 aliphatic carbocycles.